The molecule has 0 radical (unpaired) electrons. The van der Waals surface area contributed by atoms with Crippen LogP contribution >= 0.6 is 0 Å². The Bertz CT molecular complexity index is 466. The standard InChI is InChI=1S/C17H25NO2/c1-3-13-4-5-16-14(10-13)17(19)15(11-20-16)18-8-6-12(2)7-9-18/h4-5,10,12,15,17,19H,3,6-9,11H2,1-2H3. The van der Waals surface area contributed by atoms with Crippen molar-refractivity contribution >= 4 is 0 Å². The lowest BCUT2D eigenvalue weighted by atomic mass is 9.92. The molecule has 110 valence electrons. The highest BCUT2D eigenvalue weighted by atomic mass is 16.5. The van der Waals surface area contributed by atoms with Crippen LogP contribution in [0.25, 0.3) is 0 Å². The average Bonchev–Trinajstić information content (AvgIpc) is 2.49. The molecule has 0 aromatic heterocycles. The van der Waals surface area contributed by atoms with Crippen LogP contribution in [0, 0.1) is 5.92 Å². The van der Waals surface area contributed by atoms with Crippen LogP contribution in [0.4, 0.5) is 0 Å². The van der Waals surface area contributed by atoms with Crippen molar-refractivity contribution in [3.05, 3.63) is 29.3 Å². The Hall–Kier alpha value is -1.06. The molecule has 0 spiro atoms. The summed E-state index contributed by atoms with van der Waals surface area (Å²) in [7, 11) is 0. The van der Waals surface area contributed by atoms with Crippen molar-refractivity contribution in [3.63, 3.8) is 0 Å². The van der Waals surface area contributed by atoms with Gasteiger partial charge in [0.2, 0.25) is 0 Å². The van der Waals surface area contributed by atoms with Crippen molar-refractivity contribution in [1.29, 1.82) is 0 Å². The largest absolute Gasteiger partial charge is 0.491 e. The maximum Gasteiger partial charge on any atom is 0.125 e. The number of piperidine rings is 1. The van der Waals surface area contributed by atoms with E-state index in [1.54, 1.807) is 0 Å². The van der Waals surface area contributed by atoms with Crippen LogP contribution in [-0.4, -0.2) is 35.7 Å². The van der Waals surface area contributed by atoms with E-state index in [4.69, 9.17) is 4.74 Å². The minimum Gasteiger partial charge on any atom is -0.491 e. The highest BCUT2D eigenvalue weighted by Gasteiger charge is 2.35. The topological polar surface area (TPSA) is 32.7 Å². The fourth-order valence-corrected chi connectivity index (χ4v) is 3.32. The predicted molar refractivity (Wildman–Crippen MR) is 80.0 cm³/mol. The van der Waals surface area contributed by atoms with Crippen LogP contribution in [-0.2, 0) is 6.42 Å². The Kier molecular flexibility index (Phi) is 3.99. The van der Waals surface area contributed by atoms with Crippen LogP contribution in [0.2, 0.25) is 0 Å². The summed E-state index contributed by atoms with van der Waals surface area (Å²) < 4.78 is 5.88. The first-order valence-corrected chi connectivity index (χ1v) is 7.86. The molecule has 2 heterocycles. The molecular formula is C17H25NO2. The smallest absolute Gasteiger partial charge is 0.125 e. The van der Waals surface area contributed by atoms with E-state index in [-0.39, 0.29) is 6.04 Å². The summed E-state index contributed by atoms with van der Waals surface area (Å²) >= 11 is 0. The molecule has 0 amide bonds. The van der Waals surface area contributed by atoms with Gasteiger partial charge in [-0.15, -0.1) is 0 Å². The summed E-state index contributed by atoms with van der Waals surface area (Å²) in [5.74, 6) is 1.67. The van der Waals surface area contributed by atoms with Gasteiger partial charge < -0.3 is 9.84 Å². The van der Waals surface area contributed by atoms with Crippen molar-refractivity contribution < 1.29 is 9.84 Å². The summed E-state index contributed by atoms with van der Waals surface area (Å²) in [5, 5.41) is 10.7. The van der Waals surface area contributed by atoms with Crippen LogP contribution in [0.5, 0.6) is 5.75 Å². The van der Waals surface area contributed by atoms with E-state index in [0.717, 1.165) is 36.7 Å². The number of ether oxygens (including phenoxy) is 1. The first-order valence-electron chi connectivity index (χ1n) is 7.86. The van der Waals surface area contributed by atoms with Gasteiger partial charge in [-0.1, -0.05) is 19.9 Å². The van der Waals surface area contributed by atoms with Crippen molar-refractivity contribution in [2.45, 2.75) is 45.3 Å². The Labute approximate surface area is 121 Å². The van der Waals surface area contributed by atoms with E-state index in [2.05, 4.69) is 30.9 Å². The molecule has 2 atom stereocenters. The van der Waals surface area contributed by atoms with Crippen LogP contribution in [0.1, 0.15) is 43.9 Å². The third kappa shape index (κ3) is 2.57. The molecule has 3 rings (SSSR count). The molecule has 1 saturated heterocycles. The third-order valence-corrected chi connectivity index (χ3v) is 4.86. The normalized spacial score (nSPS) is 27.9. The molecule has 0 saturated carbocycles. The number of aliphatic hydroxyl groups is 1. The van der Waals surface area contributed by atoms with Gasteiger partial charge in [-0.05, 0) is 56.0 Å². The fourth-order valence-electron chi connectivity index (χ4n) is 3.32. The maximum absolute atomic E-state index is 10.7. The zero-order valence-corrected chi connectivity index (χ0v) is 12.5. The fraction of sp³-hybridized carbons (Fsp3) is 0.647. The number of hydrogen-bond donors (Lipinski definition) is 1. The maximum atomic E-state index is 10.7. The first kappa shape index (κ1) is 13.9. The number of benzene rings is 1. The highest BCUT2D eigenvalue weighted by Crippen LogP contribution is 2.36. The number of nitrogens with zero attached hydrogens (tertiary/aromatic N) is 1. The number of hydrogen-bond acceptors (Lipinski definition) is 3. The molecule has 2 aliphatic rings. The minimum absolute atomic E-state index is 0.113. The highest BCUT2D eigenvalue weighted by molar-refractivity contribution is 5.41. The Morgan fingerprint density at radius 3 is 2.75 bits per heavy atom. The van der Waals surface area contributed by atoms with Crippen LogP contribution in [0.3, 0.4) is 0 Å². The lowest BCUT2D eigenvalue weighted by Crippen LogP contribution is -2.49. The quantitative estimate of drug-likeness (QED) is 0.901. The summed E-state index contributed by atoms with van der Waals surface area (Å²) in [4.78, 5) is 2.41. The Morgan fingerprint density at radius 2 is 2.05 bits per heavy atom. The summed E-state index contributed by atoms with van der Waals surface area (Å²) in [6.07, 6.45) is 3.03. The lowest BCUT2D eigenvalue weighted by Gasteiger charge is -2.41. The monoisotopic (exact) mass is 275 g/mol. The van der Waals surface area contributed by atoms with E-state index in [1.165, 1.54) is 18.4 Å². The van der Waals surface area contributed by atoms with E-state index in [9.17, 15) is 5.11 Å². The average molecular weight is 275 g/mol. The molecule has 1 aromatic rings. The van der Waals surface area contributed by atoms with Gasteiger partial charge in [0, 0.05) is 5.56 Å². The SMILES string of the molecule is CCc1ccc2c(c1)C(O)C(N1CCC(C)CC1)CO2. The van der Waals surface area contributed by atoms with E-state index in [1.807, 2.05) is 6.07 Å². The van der Waals surface area contributed by atoms with Crippen LogP contribution in [0.15, 0.2) is 18.2 Å². The van der Waals surface area contributed by atoms with Crippen molar-refractivity contribution in [3.8, 4) is 5.75 Å². The van der Waals surface area contributed by atoms with Crippen molar-refractivity contribution in [2.75, 3.05) is 19.7 Å². The second-order valence-corrected chi connectivity index (χ2v) is 6.27. The number of likely N-dealkylation sites (tertiary alicyclic amines) is 1. The van der Waals surface area contributed by atoms with Crippen LogP contribution < -0.4 is 4.74 Å². The molecule has 1 N–H and O–H groups in total. The van der Waals surface area contributed by atoms with Gasteiger partial charge in [0.05, 0.1) is 6.04 Å². The Balaban J connectivity index is 1.79. The summed E-state index contributed by atoms with van der Waals surface area (Å²) in [5.41, 5.74) is 2.23. The molecule has 2 unspecified atom stereocenters. The lowest BCUT2D eigenvalue weighted by molar-refractivity contribution is -0.00977. The second-order valence-electron chi connectivity index (χ2n) is 6.27. The Morgan fingerprint density at radius 1 is 1.30 bits per heavy atom. The van der Waals surface area contributed by atoms with Gasteiger partial charge >= 0.3 is 0 Å². The molecule has 20 heavy (non-hydrogen) atoms. The van der Waals surface area contributed by atoms with E-state index in [0.29, 0.717) is 6.61 Å². The van der Waals surface area contributed by atoms with E-state index >= 15 is 0 Å². The van der Waals surface area contributed by atoms with Gasteiger partial charge in [0.25, 0.3) is 0 Å². The van der Waals surface area contributed by atoms with Gasteiger partial charge in [-0.2, -0.15) is 0 Å². The number of rotatable bonds is 2. The van der Waals surface area contributed by atoms with Crippen molar-refractivity contribution in [2.24, 2.45) is 5.92 Å². The molecular weight excluding hydrogens is 250 g/mol. The predicted octanol–water partition coefficient (Wildman–Crippen LogP) is 2.78. The van der Waals surface area contributed by atoms with Crippen molar-refractivity contribution in [1.82, 2.24) is 4.90 Å². The van der Waals surface area contributed by atoms with Gasteiger partial charge in [0.1, 0.15) is 18.5 Å². The first-order chi connectivity index (χ1) is 9.69. The molecule has 0 aliphatic carbocycles. The molecule has 1 fully saturated rings. The summed E-state index contributed by atoms with van der Waals surface area (Å²) in [6, 6.07) is 6.32. The number of aliphatic hydroxyl groups excluding tert-OH is 1. The van der Waals surface area contributed by atoms with Gasteiger partial charge in [0.15, 0.2) is 0 Å². The molecule has 3 heteroatoms. The third-order valence-electron chi connectivity index (χ3n) is 4.86. The zero-order chi connectivity index (χ0) is 14.1. The molecule has 0 bridgehead atoms. The molecule has 2 aliphatic heterocycles. The number of fused-ring (bicyclic) bond motifs is 1. The van der Waals surface area contributed by atoms with Gasteiger partial charge in [-0.3, -0.25) is 4.90 Å². The van der Waals surface area contributed by atoms with Gasteiger partial charge in [-0.25, -0.2) is 0 Å². The second kappa shape index (κ2) is 5.74. The minimum atomic E-state index is -0.418. The summed E-state index contributed by atoms with van der Waals surface area (Å²) in [6.45, 7) is 7.22. The number of aryl methyl sites for hydroxylation is 1. The zero-order valence-electron chi connectivity index (χ0n) is 12.5. The van der Waals surface area contributed by atoms with E-state index < -0.39 is 6.10 Å². The molecule has 3 nitrogen and oxygen atoms in total. The molecule has 1 aromatic carbocycles.